The lowest BCUT2D eigenvalue weighted by molar-refractivity contribution is 1.25. The zero-order valence-corrected chi connectivity index (χ0v) is 13.2. The summed E-state index contributed by atoms with van der Waals surface area (Å²) < 4.78 is 0.460. The summed E-state index contributed by atoms with van der Waals surface area (Å²) in [5, 5.41) is 9.40. The van der Waals surface area contributed by atoms with Crippen LogP contribution < -0.4 is 0 Å². The van der Waals surface area contributed by atoms with Gasteiger partial charge in [-0.25, -0.2) is 0 Å². The van der Waals surface area contributed by atoms with Crippen LogP contribution in [-0.4, -0.2) is 4.98 Å². The molecule has 0 atom stereocenters. The van der Waals surface area contributed by atoms with Gasteiger partial charge in [0.15, 0.2) is 0 Å². The van der Waals surface area contributed by atoms with Crippen LogP contribution in [0.1, 0.15) is 16.8 Å². The molecule has 2 aromatic carbocycles. The molecule has 0 aliphatic carbocycles. The van der Waals surface area contributed by atoms with Crippen molar-refractivity contribution in [3.63, 3.8) is 0 Å². The molecule has 3 aromatic rings. The first kappa shape index (κ1) is 15.0. The molecule has 0 unspecified atom stereocenters. The highest BCUT2D eigenvalue weighted by molar-refractivity contribution is 7.71. The van der Waals surface area contributed by atoms with E-state index >= 15 is 0 Å². The van der Waals surface area contributed by atoms with Gasteiger partial charge in [0, 0.05) is 11.3 Å². The summed E-state index contributed by atoms with van der Waals surface area (Å²) in [5.74, 6) is 0. The average Bonchev–Trinajstić information content (AvgIpc) is 2.61. The van der Waals surface area contributed by atoms with Crippen LogP contribution in [0.15, 0.2) is 66.7 Å². The number of aromatic amines is 1. The molecule has 110 valence electrons. The Hall–Kier alpha value is -2.96. The molecule has 1 N–H and O–H groups in total. The first-order valence-corrected chi connectivity index (χ1v) is 7.65. The molecule has 0 radical (unpaired) electrons. The van der Waals surface area contributed by atoms with Gasteiger partial charge in [-0.2, -0.15) is 5.26 Å². The molecule has 0 amide bonds. The van der Waals surface area contributed by atoms with Gasteiger partial charge < -0.3 is 4.98 Å². The summed E-state index contributed by atoms with van der Waals surface area (Å²) in [5.41, 5.74) is 4.32. The highest BCUT2D eigenvalue weighted by Gasteiger charge is 2.08. The number of hydrogen-bond acceptors (Lipinski definition) is 2. The topological polar surface area (TPSA) is 39.6 Å². The van der Waals surface area contributed by atoms with Crippen molar-refractivity contribution in [1.29, 1.82) is 5.26 Å². The molecule has 1 aromatic heterocycles. The van der Waals surface area contributed by atoms with Crippen molar-refractivity contribution in [2.75, 3.05) is 0 Å². The Bertz CT molecular complexity index is 933. The molecule has 0 saturated heterocycles. The molecule has 0 fully saturated rings. The fraction of sp³-hybridized carbons (Fsp3) is 0. The molecule has 0 bridgehead atoms. The summed E-state index contributed by atoms with van der Waals surface area (Å²) in [6, 6.07) is 24.0. The number of aromatic nitrogens is 1. The number of hydrogen-bond donors (Lipinski definition) is 1. The van der Waals surface area contributed by atoms with E-state index in [-0.39, 0.29) is 0 Å². The predicted molar refractivity (Wildman–Crippen MR) is 97.1 cm³/mol. The Morgan fingerprint density at radius 1 is 0.913 bits per heavy atom. The van der Waals surface area contributed by atoms with Gasteiger partial charge >= 0.3 is 0 Å². The summed E-state index contributed by atoms with van der Waals surface area (Å²) in [6.07, 6.45) is 3.99. The molecule has 0 aliphatic heterocycles. The SMILES string of the molecule is N#Cc1c(-c2ccccc2)cc(C=Cc2ccccc2)[nH]c1=S. The second-order valence-electron chi connectivity index (χ2n) is 5.06. The van der Waals surface area contributed by atoms with Gasteiger partial charge in [0.05, 0.1) is 5.56 Å². The molecular formula is C20H14N2S. The third kappa shape index (κ3) is 3.45. The van der Waals surface area contributed by atoms with Gasteiger partial charge in [-0.3, -0.25) is 0 Å². The maximum Gasteiger partial charge on any atom is 0.122 e. The second-order valence-corrected chi connectivity index (χ2v) is 5.47. The summed E-state index contributed by atoms with van der Waals surface area (Å²) in [6.45, 7) is 0. The van der Waals surface area contributed by atoms with Crippen LogP contribution in [-0.2, 0) is 0 Å². The van der Waals surface area contributed by atoms with Gasteiger partial charge in [-0.1, -0.05) is 79.0 Å². The minimum absolute atomic E-state index is 0.460. The van der Waals surface area contributed by atoms with E-state index in [0.29, 0.717) is 10.2 Å². The zero-order valence-electron chi connectivity index (χ0n) is 12.4. The number of pyridine rings is 1. The standard InChI is InChI=1S/C20H14N2S/c21-14-19-18(16-9-5-2-6-10-16)13-17(22-20(19)23)12-11-15-7-3-1-4-8-15/h1-13H,(H,22,23). The lowest BCUT2D eigenvalue weighted by Crippen LogP contribution is -1.92. The molecule has 3 rings (SSSR count). The van der Waals surface area contributed by atoms with Crippen LogP contribution in [0.25, 0.3) is 23.3 Å². The Balaban J connectivity index is 2.07. The average molecular weight is 314 g/mol. The number of nitrogens with zero attached hydrogens (tertiary/aromatic N) is 1. The molecule has 0 saturated carbocycles. The first-order valence-electron chi connectivity index (χ1n) is 7.24. The van der Waals surface area contributed by atoms with Crippen LogP contribution in [0, 0.1) is 16.0 Å². The van der Waals surface area contributed by atoms with E-state index in [9.17, 15) is 5.26 Å². The van der Waals surface area contributed by atoms with E-state index in [1.165, 1.54) is 0 Å². The van der Waals surface area contributed by atoms with E-state index < -0.39 is 0 Å². The van der Waals surface area contributed by atoms with Crippen LogP contribution in [0.3, 0.4) is 0 Å². The van der Waals surface area contributed by atoms with Crippen molar-refractivity contribution in [3.8, 4) is 17.2 Å². The molecule has 3 heteroatoms. The molecule has 0 aliphatic rings. The number of nitrogens with one attached hydrogen (secondary N) is 1. The largest absolute Gasteiger partial charge is 0.345 e. The lowest BCUT2D eigenvalue weighted by Gasteiger charge is -2.06. The molecule has 1 heterocycles. The van der Waals surface area contributed by atoms with Crippen molar-refractivity contribution >= 4 is 24.4 Å². The Kier molecular flexibility index (Phi) is 4.46. The maximum absolute atomic E-state index is 9.40. The summed E-state index contributed by atoms with van der Waals surface area (Å²) in [4.78, 5) is 3.11. The van der Waals surface area contributed by atoms with Crippen molar-refractivity contribution in [2.45, 2.75) is 0 Å². The lowest BCUT2D eigenvalue weighted by atomic mass is 10.0. The first-order chi connectivity index (χ1) is 11.3. The van der Waals surface area contributed by atoms with Crippen molar-refractivity contribution < 1.29 is 0 Å². The van der Waals surface area contributed by atoms with Crippen LogP contribution in [0.2, 0.25) is 0 Å². The number of rotatable bonds is 3. The van der Waals surface area contributed by atoms with Gasteiger partial charge in [0.25, 0.3) is 0 Å². The number of nitriles is 1. The second kappa shape index (κ2) is 6.87. The minimum atomic E-state index is 0.460. The van der Waals surface area contributed by atoms with Crippen LogP contribution in [0.5, 0.6) is 0 Å². The molecule has 23 heavy (non-hydrogen) atoms. The predicted octanol–water partition coefficient (Wildman–Crippen LogP) is 5.45. The third-order valence-corrected chi connectivity index (χ3v) is 3.81. The third-order valence-electron chi connectivity index (χ3n) is 3.51. The fourth-order valence-corrected chi connectivity index (χ4v) is 2.65. The minimum Gasteiger partial charge on any atom is -0.345 e. The van der Waals surface area contributed by atoms with Crippen molar-refractivity contribution in [1.82, 2.24) is 4.98 Å². The summed E-state index contributed by atoms with van der Waals surface area (Å²) in [7, 11) is 0. The summed E-state index contributed by atoms with van der Waals surface area (Å²) >= 11 is 5.35. The van der Waals surface area contributed by atoms with Crippen LogP contribution in [0.4, 0.5) is 0 Å². The van der Waals surface area contributed by atoms with Crippen LogP contribution >= 0.6 is 12.2 Å². The zero-order chi connectivity index (χ0) is 16.1. The number of H-pyrrole nitrogens is 1. The Labute approximate surface area is 140 Å². The normalized spacial score (nSPS) is 10.6. The van der Waals surface area contributed by atoms with E-state index in [1.54, 1.807) is 0 Å². The molecular weight excluding hydrogens is 300 g/mol. The monoisotopic (exact) mass is 314 g/mol. The van der Waals surface area contributed by atoms with E-state index in [0.717, 1.165) is 22.4 Å². The highest BCUT2D eigenvalue weighted by Crippen LogP contribution is 2.25. The van der Waals surface area contributed by atoms with E-state index in [4.69, 9.17) is 12.2 Å². The highest BCUT2D eigenvalue weighted by atomic mass is 32.1. The van der Waals surface area contributed by atoms with Gasteiger partial charge in [0.1, 0.15) is 10.7 Å². The van der Waals surface area contributed by atoms with E-state index in [1.807, 2.05) is 78.9 Å². The number of benzene rings is 2. The quantitative estimate of drug-likeness (QED) is 0.653. The van der Waals surface area contributed by atoms with Crippen molar-refractivity contribution in [2.24, 2.45) is 0 Å². The Morgan fingerprint density at radius 2 is 1.57 bits per heavy atom. The Morgan fingerprint density at radius 3 is 2.22 bits per heavy atom. The van der Waals surface area contributed by atoms with Crippen molar-refractivity contribution in [3.05, 3.63) is 88.2 Å². The van der Waals surface area contributed by atoms with Gasteiger partial charge in [-0.05, 0) is 23.3 Å². The maximum atomic E-state index is 9.40. The smallest absolute Gasteiger partial charge is 0.122 e. The fourth-order valence-electron chi connectivity index (χ4n) is 2.38. The molecule has 2 nitrogen and oxygen atoms in total. The van der Waals surface area contributed by atoms with Gasteiger partial charge in [0.2, 0.25) is 0 Å². The van der Waals surface area contributed by atoms with Gasteiger partial charge in [-0.15, -0.1) is 0 Å². The van der Waals surface area contributed by atoms with E-state index in [2.05, 4.69) is 11.1 Å². The molecule has 0 spiro atoms.